The largest absolute Gasteiger partial charge is 0.858 e. The second-order valence-electron chi connectivity index (χ2n) is 1.54. The number of pyridine rings is 1. The van der Waals surface area contributed by atoms with Gasteiger partial charge in [0.25, 0.3) is 0 Å². The maximum atomic E-state index is 10.2. The van der Waals surface area contributed by atoms with E-state index in [1.165, 1.54) is 12.3 Å². The van der Waals surface area contributed by atoms with Crippen LogP contribution >= 0.6 is 0 Å². The minimum absolute atomic E-state index is 0. The van der Waals surface area contributed by atoms with Crippen LogP contribution in [0.25, 0.3) is 30.8 Å². The van der Waals surface area contributed by atoms with Crippen molar-refractivity contribution in [2.75, 3.05) is 0 Å². The minimum Gasteiger partial charge on any atom is -0.858 e. The molecule has 1 heterocycles. The van der Waals surface area contributed by atoms with Gasteiger partial charge in [0.2, 0.25) is 0 Å². The van der Waals surface area contributed by atoms with Gasteiger partial charge in [0.15, 0.2) is 0 Å². The van der Waals surface area contributed by atoms with Gasteiger partial charge in [-0.3, -0.25) is 4.98 Å². The fraction of sp³-hybridized carbons (Fsp3) is 0. The summed E-state index contributed by atoms with van der Waals surface area (Å²) in [5.41, 5.74) is 0.192. The molecule has 0 saturated heterocycles. The maximum Gasteiger partial charge on any atom is 0.0730 e. The number of aromatic nitrogens is 1. The van der Waals surface area contributed by atoms with Crippen LogP contribution in [0.2, 0.25) is 0 Å². The second-order valence-corrected chi connectivity index (χ2v) is 1.54. The minimum atomic E-state index is -0.740. The molecule has 0 unspecified atom stereocenters. The van der Waals surface area contributed by atoms with Crippen molar-refractivity contribution in [3.05, 3.63) is 60.8 Å². The van der Waals surface area contributed by atoms with Crippen molar-refractivity contribution >= 4 is 5.90 Å². The Balaban J connectivity index is -0.0000000337. The van der Waals surface area contributed by atoms with Crippen LogP contribution in [0.4, 0.5) is 0 Å². The molecule has 0 fully saturated rings. The first-order valence-corrected chi connectivity index (χ1v) is 2.47. The number of hydrogen-bond acceptors (Lipinski definition) is 3. The summed E-state index contributed by atoms with van der Waals surface area (Å²) >= 11 is 0. The molecule has 1 aromatic heterocycles. The SMILES string of the molecule is N=C([O-])c1ccccn1.[Co].[NH2-].[NH2-].[NH2-].[NH2-].[NH2-]. The number of nitrogens with zero attached hydrogens (tertiary/aromatic N) is 1. The van der Waals surface area contributed by atoms with Crippen molar-refractivity contribution < 1.29 is 21.9 Å². The first-order chi connectivity index (χ1) is 4.30. The van der Waals surface area contributed by atoms with Gasteiger partial charge in [0.05, 0.1) is 5.69 Å². The van der Waals surface area contributed by atoms with Gasteiger partial charge in [-0.05, 0) is 12.1 Å². The van der Waals surface area contributed by atoms with Gasteiger partial charge in [0, 0.05) is 28.9 Å². The summed E-state index contributed by atoms with van der Waals surface area (Å²) in [6.45, 7) is 0. The Morgan fingerprint density at radius 1 is 1.07 bits per heavy atom. The average molecular weight is 260 g/mol. The molecule has 9 heteroatoms. The fourth-order valence-electron chi connectivity index (χ4n) is 0.497. The molecule has 15 heavy (non-hydrogen) atoms. The second kappa shape index (κ2) is 18.7. The van der Waals surface area contributed by atoms with Crippen LogP contribution in [0.15, 0.2) is 24.4 Å². The quantitative estimate of drug-likeness (QED) is 0.590. The molecule has 0 aromatic carbocycles. The zero-order chi connectivity index (χ0) is 6.69. The predicted octanol–water partition coefficient (Wildman–Crippen LogP) is 3.35. The molecule has 0 spiro atoms. The molecule has 11 N–H and O–H groups in total. The van der Waals surface area contributed by atoms with Crippen LogP contribution < -0.4 is 5.11 Å². The van der Waals surface area contributed by atoms with E-state index in [2.05, 4.69) is 4.98 Å². The summed E-state index contributed by atoms with van der Waals surface area (Å²) in [5, 5.41) is 16.9. The first-order valence-electron chi connectivity index (χ1n) is 2.47. The Kier molecular flexibility index (Phi) is 46.1. The summed E-state index contributed by atoms with van der Waals surface area (Å²) in [6.07, 6.45) is 1.49. The van der Waals surface area contributed by atoms with Crippen LogP contribution in [0.3, 0.4) is 0 Å². The number of rotatable bonds is 1. The van der Waals surface area contributed by atoms with Gasteiger partial charge < -0.3 is 41.3 Å². The topological polar surface area (TPSA) is 227 Å². The molecule has 0 aliphatic heterocycles. The molecule has 95 valence electrons. The van der Waals surface area contributed by atoms with E-state index >= 15 is 0 Å². The van der Waals surface area contributed by atoms with E-state index in [1.807, 2.05) is 0 Å². The summed E-state index contributed by atoms with van der Waals surface area (Å²) in [5.74, 6) is -0.740. The van der Waals surface area contributed by atoms with Crippen molar-refractivity contribution in [1.82, 2.24) is 4.98 Å². The third-order valence-corrected chi connectivity index (χ3v) is 0.898. The van der Waals surface area contributed by atoms with E-state index in [9.17, 15) is 5.11 Å². The van der Waals surface area contributed by atoms with E-state index in [-0.39, 0.29) is 53.2 Å². The first kappa shape index (κ1) is 37.0. The molecule has 0 aliphatic carbocycles. The van der Waals surface area contributed by atoms with E-state index in [0.717, 1.165) is 0 Å². The van der Waals surface area contributed by atoms with Crippen molar-refractivity contribution in [2.45, 2.75) is 0 Å². The number of nitrogens with two attached hydrogens (primary N) is 5. The predicted molar refractivity (Wildman–Crippen MR) is 57.5 cm³/mol. The molecule has 0 aliphatic rings. The molecular formula is C6H15CoN7O-6. The van der Waals surface area contributed by atoms with E-state index in [4.69, 9.17) is 5.41 Å². The maximum absolute atomic E-state index is 10.2. The molecule has 1 radical (unpaired) electrons. The summed E-state index contributed by atoms with van der Waals surface area (Å²) in [4.78, 5) is 3.64. The van der Waals surface area contributed by atoms with Gasteiger partial charge in [-0.15, -0.1) is 0 Å². The smallest absolute Gasteiger partial charge is 0.0730 e. The Morgan fingerprint density at radius 3 is 1.73 bits per heavy atom. The Labute approximate surface area is 99.5 Å². The number of nitrogens with one attached hydrogen (secondary N) is 1. The van der Waals surface area contributed by atoms with Crippen LogP contribution in [0, 0.1) is 5.41 Å². The Hall–Kier alpha value is -1.07. The van der Waals surface area contributed by atoms with Crippen LogP contribution in [-0.4, -0.2) is 10.9 Å². The van der Waals surface area contributed by atoms with Crippen LogP contribution in [-0.2, 0) is 16.8 Å². The molecule has 0 amide bonds. The van der Waals surface area contributed by atoms with E-state index in [1.54, 1.807) is 12.1 Å². The molecule has 8 nitrogen and oxygen atoms in total. The van der Waals surface area contributed by atoms with Crippen molar-refractivity contribution in [3.63, 3.8) is 0 Å². The molecule has 0 bridgehead atoms. The van der Waals surface area contributed by atoms with Gasteiger partial charge in [-0.25, -0.2) is 0 Å². The van der Waals surface area contributed by atoms with Gasteiger partial charge >= 0.3 is 0 Å². The normalized spacial score (nSPS) is 5.33. The molecular weight excluding hydrogens is 245 g/mol. The summed E-state index contributed by atoms with van der Waals surface area (Å²) < 4.78 is 0. The Morgan fingerprint density at radius 2 is 1.53 bits per heavy atom. The van der Waals surface area contributed by atoms with Crippen molar-refractivity contribution in [1.29, 1.82) is 5.41 Å². The average Bonchev–Trinajstić information content (AvgIpc) is 1.90. The molecule has 0 atom stereocenters. The molecule has 0 saturated carbocycles. The molecule has 1 rings (SSSR count). The van der Waals surface area contributed by atoms with Gasteiger partial charge in [-0.2, -0.15) is 0 Å². The van der Waals surface area contributed by atoms with Gasteiger partial charge in [-0.1, -0.05) is 6.07 Å². The third kappa shape index (κ3) is 12.9. The summed E-state index contributed by atoms with van der Waals surface area (Å²) in [6, 6.07) is 4.89. The number of hydrogen-bond donors (Lipinski definition) is 1. The van der Waals surface area contributed by atoms with Crippen LogP contribution in [0.1, 0.15) is 5.69 Å². The standard InChI is InChI=1S/C6H6N2O.Co.5H2N/c7-6(9)5-3-1-2-4-8-5;;;;;;/h1-4H,(H2,7,9);;5*1H2/q;;5*-1/p-1. The van der Waals surface area contributed by atoms with Crippen LogP contribution in [0.5, 0.6) is 0 Å². The van der Waals surface area contributed by atoms with Crippen molar-refractivity contribution in [3.8, 4) is 0 Å². The van der Waals surface area contributed by atoms with E-state index in [0.29, 0.717) is 0 Å². The van der Waals surface area contributed by atoms with Crippen molar-refractivity contribution in [2.24, 2.45) is 0 Å². The molecule has 1 aromatic rings. The van der Waals surface area contributed by atoms with Gasteiger partial charge in [0.1, 0.15) is 0 Å². The zero-order valence-corrected chi connectivity index (χ0v) is 8.93. The fourth-order valence-corrected chi connectivity index (χ4v) is 0.497. The van der Waals surface area contributed by atoms with E-state index < -0.39 is 5.90 Å². The summed E-state index contributed by atoms with van der Waals surface area (Å²) in [7, 11) is 0. The Bertz CT molecular complexity index is 220. The third-order valence-electron chi connectivity index (χ3n) is 0.898. The monoisotopic (exact) mass is 260 g/mol. The zero-order valence-electron chi connectivity index (χ0n) is 7.88.